The summed E-state index contributed by atoms with van der Waals surface area (Å²) in [5.41, 5.74) is 1.15. The van der Waals surface area contributed by atoms with Crippen molar-refractivity contribution in [1.82, 2.24) is 4.90 Å². The standard InChI is InChI=1S/C14H19NO2/c1-11(16)13-7-8-14(17)15(10-13)9-12-5-3-2-4-6-12/h2-6,11,13,16H,7-10H2,1H3/t11-,13+/m1/s1. The van der Waals surface area contributed by atoms with Crippen molar-refractivity contribution in [1.29, 1.82) is 0 Å². The minimum Gasteiger partial charge on any atom is -0.393 e. The summed E-state index contributed by atoms with van der Waals surface area (Å²) in [4.78, 5) is 13.7. The van der Waals surface area contributed by atoms with Gasteiger partial charge in [0.25, 0.3) is 0 Å². The van der Waals surface area contributed by atoms with E-state index in [4.69, 9.17) is 0 Å². The molecule has 2 atom stereocenters. The van der Waals surface area contributed by atoms with Crippen LogP contribution in [0.3, 0.4) is 0 Å². The van der Waals surface area contributed by atoms with Gasteiger partial charge in [-0.05, 0) is 18.9 Å². The van der Waals surface area contributed by atoms with E-state index in [1.165, 1.54) is 0 Å². The smallest absolute Gasteiger partial charge is 0.222 e. The largest absolute Gasteiger partial charge is 0.393 e. The van der Waals surface area contributed by atoms with Crippen molar-refractivity contribution >= 4 is 5.91 Å². The molecular formula is C14H19NO2. The minimum atomic E-state index is -0.332. The van der Waals surface area contributed by atoms with Crippen molar-refractivity contribution in [2.24, 2.45) is 5.92 Å². The molecule has 0 unspecified atom stereocenters. The average Bonchev–Trinajstić information content (AvgIpc) is 2.33. The summed E-state index contributed by atoms with van der Waals surface area (Å²) in [7, 11) is 0. The van der Waals surface area contributed by atoms with E-state index >= 15 is 0 Å². The Hall–Kier alpha value is -1.35. The summed E-state index contributed by atoms with van der Waals surface area (Å²) < 4.78 is 0. The fourth-order valence-corrected chi connectivity index (χ4v) is 2.29. The number of aliphatic hydroxyl groups is 1. The molecular weight excluding hydrogens is 214 g/mol. The number of hydrogen-bond donors (Lipinski definition) is 1. The van der Waals surface area contributed by atoms with Crippen LogP contribution in [-0.2, 0) is 11.3 Å². The Morgan fingerprint density at radius 1 is 1.41 bits per heavy atom. The highest BCUT2D eigenvalue weighted by atomic mass is 16.3. The monoisotopic (exact) mass is 233 g/mol. The molecule has 3 nitrogen and oxygen atoms in total. The third-order valence-corrected chi connectivity index (χ3v) is 3.44. The van der Waals surface area contributed by atoms with Crippen LogP contribution in [0.4, 0.5) is 0 Å². The maximum atomic E-state index is 11.8. The Bertz CT molecular complexity index is 375. The normalized spacial score (nSPS) is 22.6. The van der Waals surface area contributed by atoms with Crippen LogP contribution in [0.1, 0.15) is 25.3 Å². The third-order valence-electron chi connectivity index (χ3n) is 3.44. The fraction of sp³-hybridized carbons (Fsp3) is 0.500. The number of piperidine rings is 1. The van der Waals surface area contributed by atoms with E-state index in [2.05, 4.69) is 0 Å². The summed E-state index contributed by atoms with van der Waals surface area (Å²) in [5, 5.41) is 9.61. The number of hydrogen-bond acceptors (Lipinski definition) is 2. The Morgan fingerprint density at radius 3 is 2.76 bits per heavy atom. The first-order valence-electron chi connectivity index (χ1n) is 6.16. The molecule has 0 aliphatic carbocycles. The van der Waals surface area contributed by atoms with Gasteiger partial charge in [0.1, 0.15) is 0 Å². The lowest BCUT2D eigenvalue weighted by Gasteiger charge is -2.34. The molecule has 1 N–H and O–H groups in total. The van der Waals surface area contributed by atoms with Gasteiger partial charge in [-0.25, -0.2) is 0 Å². The predicted molar refractivity (Wildman–Crippen MR) is 66.3 cm³/mol. The van der Waals surface area contributed by atoms with E-state index in [1.807, 2.05) is 35.2 Å². The molecule has 1 aliphatic heterocycles. The molecule has 17 heavy (non-hydrogen) atoms. The average molecular weight is 233 g/mol. The molecule has 1 amide bonds. The Morgan fingerprint density at radius 2 is 2.12 bits per heavy atom. The van der Waals surface area contributed by atoms with Crippen LogP contribution < -0.4 is 0 Å². The molecule has 0 saturated carbocycles. The third kappa shape index (κ3) is 3.07. The predicted octanol–water partition coefficient (Wildman–Crippen LogP) is 1.81. The molecule has 0 spiro atoms. The quantitative estimate of drug-likeness (QED) is 0.865. The van der Waals surface area contributed by atoms with Crippen LogP contribution in [0.25, 0.3) is 0 Å². The molecule has 0 radical (unpaired) electrons. The number of benzene rings is 1. The van der Waals surface area contributed by atoms with Crippen LogP contribution in [0.15, 0.2) is 30.3 Å². The number of carbonyl (C=O) groups is 1. The van der Waals surface area contributed by atoms with Gasteiger partial charge in [-0.1, -0.05) is 30.3 Å². The van der Waals surface area contributed by atoms with E-state index in [1.54, 1.807) is 6.92 Å². The first kappa shape index (κ1) is 12.1. The number of amides is 1. The van der Waals surface area contributed by atoms with Gasteiger partial charge >= 0.3 is 0 Å². The number of likely N-dealkylation sites (tertiary alicyclic amines) is 1. The zero-order valence-electron chi connectivity index (χ0n) is 10.2. The number of rotatable bonds is 3. The molecule has 0 aromatic heterocycles. The van der Waals surface area contributed by atoms with Crippen LogP contribution in [0, 0.1) is 5.92 Å². The summed E-state index contributed by atoms with van der Waals surface area (Å²) in [6.07, 6.45) is 1.03. The topological polar surface area (TPSA) is 40.5 Å². The van der Waals surface area contributed by atoms with Crippen molar-refractivity contribution < 1.29 is 9.90 Å². The van der Waals surface area contributed by atoms with Crippen LogP contribution in [0.5, 0.6) is 0 Å². The molecule has 1 saturated heterocycles. The summed E-state index contributed by atoms with van der Waals surface area (Å²) in [5.74, 6) is 0.419. The van der Waals surface area contributed by atoms with E-state index < -0.39 is 0 Å². The SMILES string of the molecule is C[C@@H](O)[C@H]1CCC(=O)N(Cc2ccccc2)C1. The Kier molecular flexibility index (Phi) is 3.79. The van der Waals surface area contributed by atoms with Gasteiger partial charge < -0.3 is 10.0 Å². The lowest BCUT2D eigenvalue weighted by atomic mass is 9.93. The number of nitrogens with zero attached hydrogens (tertiary/aromatic N) is 1. The first-order chi connectivity index (χ1) is 8.16. The number of aliphatic hydroxyl groups excluding tert-OH is 1. The van der Waals surface area contributed by atoms with E-state index in [0.29, 0.717) is 19.5 Å². The second-order valence-electron chi connectivity index (χ2n) is 4.80. The fourth-order valence-electron chi connectivity index (χ4n) is 2.29. The van der Waals surface area contributed by atoms with Crippen LogP contribution >= 0.6 is 0 Å². The molecule has 1 aromatic carbocycles. The van der Waals surface area contributed by atoms with Crippen molar-refractivity contribution in [2.45, 2.75) is 32.4 Å². The van der Waals surface area contributed by atoms with Gasteiger partial charge in [0.2, 0.25) is 5.91 Å². The van der Waals surface area contributed by atoms with Crippen molar-refractivity contribution in [3.8, 4) is 0 Å². The van der Waals surface area contributed by atoms with E-state index in [9.17, 15) is 9.90 Å². The Labute approximate surface area is 102 Å². The highest BCUT2D eigenvalue weighted by Crippen LogP contribution is 2.22. The molecule has 92 valence electrons. The van der Waals surface area contributed by atoms with Gasteiger partial charge in [0.15, 0.2) is 0 Å². The highest BCUT2D eigenvalue weighted by molar-refractivity contribution is 5.77. The Balaban J connectivity index is 2.01. The van der Waals surface area contributed by atoms with Gasteiger partial charge in [-0.2, -0.15) is 0 Å². The molecule has 1 fully saturated rings. The maximum absolute atomic E-state index is 11.8. The molecule has 0 bridgehead atoms. The number of carbonyl (C=O) groups excluding carboxylic acids is 1. The molecule has 1 aliphatic rings. The summed E-state index contributed by atoms with van der Waals surface area (Å²) in [6, 6.07) is 9.99. The molecule has 1 heterocycles. The highest BCUT2D eigenvalue weighted by Gasteiger charge is 2.28. The van der Waals surface area contributed by atoms with E-state index in [-0.39, 0.29) is 17.9 Å². The van der Waals surface area contributed by atoms with Gasteiger partial charge in [-0.3, -0.25) is 4.79 Å². The van der Waals surface area contributed by atoms with Crippen molar-refractivity contribution in [2.75, 3.05) is 6.54 Å². The molecule has 2 rings (SSSR count). The lowest BCUT2D eigenvalue weighted by molar-refractivity contribution is -0.136. The van der Waals surface area contributed by atoms with Crippen molar-refractivity contribution in [3.63, 3.8) is 0 Å². The minimum absolute atomic E-state index is 0.200. The van der Waals surface area contributed by atoms with E-state index in [0.717, 1.165) is 12.0 Å². The van der Waals surface area contributed by atoms with Crippen LogP contribution in [-0.4, -0.2) is 28.6 Å². The van der Waals surface area contributed by atoms with Gasteiger partial charge in [-0.15, -0.1) is 0 Å². The molecule has 3 heteroatoms. The first-order valence-corrected chi connectivity index (χ1v) is 6.16. The van der Waals surface area contributed by atoms with Crippen molar-refractivity contribution in [3.05, 3.63) is 35.9 Å². The second kappa shape index (κ2) is 5.32. The summed E-state index contributed by atoms with van der Waals surface area (Å²) >= 11 is 0. The van der Waals surface area contributed by atoms with Gasteiger partial charge in [0, 0.05) is 25.4 Å². The zero-order valence-corrected chi connectivity index (χ0v) is 10.2. The van der Waals surface area contributed by atoms with Crippen LogP contribution in [0.2, 0.25) is 0 Å². The maximum Gasteiger partial charge on any atom is 0.222 e. The molecule has 1 aromatic rings. The van der Waals surface area contributed by atoms with Gasteiger partial charge in [0.05, 0.1) is 6.10 Å². The lowest BCUT2D eigenvalue weighted by Crippen LogP contribution is -2.42. The summed E-state index contributed by atoms with van der Waals surface area (Å²) in [6.45, 7) is 3.13. The zero-order chi connectivity index (χ0) is 12.3. The second-order valence-corrected chi connectivity index (χ2v) is 4.80.